The fourth-order valence-electron chi connectivity index (χ4n) is 6.68. The minimum atomic E-state index is -0.635. The third-order valence-electron chi connectivity index (χ3n) is 9.62. The van der Waals surface area contributed by atoms with Crippen LogP contribution in [-0.4, -0.2) is 81.9 Å². The highest BCUT2D eigenvalue weighted by atomic mass is 35.5. The van der Waals surface area contributed by atoms with E-state index in [0.717, 1.165) is 27.5 Å². The van der Waals surface area contributed by atoms with E-state index in [-0.39, 0.29) is 42.9 Å². The topological polar surface area (TPSA) is 210 Å². The van der Waals surface area contributed by atoms with Crippen molar-refractivity contribution in [1.82, 2.24) is 55.5 Å². The zero-order valence-electron chi connectivity index (χ0n) is 34.6. The van der Waals surface area contributed by atoms with E-state index in [1.165, 1.54) is 12.1 Å². The van der Waals surface area contributed by atoms with Crippen molar-refractivity contribution < 1.29 is 28.1 Å². The number of ether oxygens (including phenoxy) is 2. The molecule has 0 aliphatic heterocycles. The lowest BCUT2D eigenvalue weighted by molar-refractivity contribution is -0.749. The number of aromatic amines is 2. The van der Waals surface area contributed by atoms with Crippen molar-refractivity contribution in [3.8, 4) is 34.3 Å². The fourth-order valence-corrected chi connectivity index (χ4v) is 7.18. The molecule has 4 aromatic heterocycles. The number of carbonyl (C=O) groups is 2. The van der Waals surface area contributed by atoms with Gasteiger partial charge in [0.2, 0.25) is 18.1 Å². The summed E-state index contributed by atoms with van der Waals surface area (Å²) < 4.78 is 31.0. The van der Waals surface area contributed by atoms with Crippen LogP contribution in [0.2, 0.25) is 10.0 Å². The molecule has 0 aliphatic rings. The molecule has 8 aromatic rings. The summed E-state index contributed by atoms with van der Waals surface area (Å²) in [5.41, 5.74) is 4.20. The van der Waals surface area contributed by atoms with E-state index in [1.54, 1.807) is 53.9 Å². The number of anilines is 4. The van der Waals surface area contributed by atoms with Gasteiger partial charge in [-0.25, -0.2) is 13.8 Å². The number of aryl methyl sites for hydroxylation is 2. The Morgan fingerprint density at radius 3 is 2.16 bits per heavy atom. The molecule has 6 N–H and O–H groups in total. The molecule has 324 valence electrons. The number of nitrogens with one attached hydrogen (secondary N) is 6. The number of benzene rings is 4. The highest BCUT2D eigenvalue weighted by Gasteiger charge is 2.19. The zero-order chi connectivity index (χ0) is 44.4. The molecule has 0 radical (unpaired) electrons. The van der Waals surface area contributed by atoms with Crippen LogP contribution >= 0.6 is 23.2 Å². The standard InChI is InChI=1S/C42H41Cl2FN14O4/c1-22(2)47-36(60)20-63-35-13-7-25(16-30(35)45)40-51-41(57(4)56-40)49-27-8-9-31-26(14-27)19-59(54-31)18-23(3)48-37(61)21-62-34-12-6-24(15-29(34)43)39-52-42(58(5)55-39)50-33-11-10-32-28(38(33)44)17-46-53-32/h6-17,19,22-23H,18,20-21H2,1-5H3,(H5,46,47,48,49,50,51,52,53,55,56,60,61)/p+1. The first-order valence-electron chi connectivity index (χ1n) is 19.7. The lowest BCUT2D eigenvalue weighted by atomic mass is 10.2. The number of carbonyl (C=O) groups excluding carboxylic acids is 2. The summed E-state index contributed by atoms with van der Waals surface area (Å²) >= 11 is 13.2. The normalized spacial score (nSPS) is 11.9. The predicted octanol–water partition coefficient (Wildman–Crippen LogP) is 6.34. The van der Waals surface area contributed by atoms with E-state index in [0.29, 0.717) is 62.7 Å². The highest BCUT2D eigenvalue weighted by Crippen LogP contribution is 2.34. The van der Waals surface area contributed by atoms with Crippen molar-refractivity contribution in [2.45, 2.75) is 39.4 Å². The number of fused-ring (bicyclic) bond motifs is 2. The summed E-state index contributed by atoms with van der Waals surface area (Å²) in [4.78, 5) is 34.0. The average molecular weight is 897 g/mol. The van der Waals surface area contributed by atoms with Crippen molar-refractivity contribution >= 4 is 80.1 Å². The Bertz CT molecular complexity index is 2980. The second-order valence-electron chi connectivity index (χ2n) is 15.0. The van der Waals surface area contributed by atoms with Gasteiger partial charge in [-0.3, -0.25) is 14.7 Å². The molecule has 63 heavy (non-hydrogen) atoms. The first-order valence-corrected chi connectivity index (χ1v) is 20.5. The number of amides is 2. The fraction of sp³-hybridized carbons (Fsp3) is 0.238. The van der Waals surface area contributed by atoms with E-state index in [4.69, 9.17) is 32.7 Å². The lowest BCUT2D eigenvalue weighted by Gasteiger charge is -2.12. The van der Waals surface area contributed by atoms with Crippen molar-refractivity contribution in [2.24, 2.45) is 14.1 Å². The molecule has 0 saturated carbocycles. The van der Waals surface area contributed by atoms with Crippen LogP contribution in [0.5, 0.6) is 11.5 Å². The third kappa shape index (κ3) is 9.79. The van der Waals surface area contributed by atoms with E-state index in [1.807, 2.05) is 62.0 Å². The number of hydrogen-bond donors (Lipinski definition) is 6. The van der Waals surface area contributed by atoms with Crippen LogP contribution in [0.15, 0.2) is 79.1 Å². The van der Waals surface area contributed by atoms with Crippen LogP contribution in [0.1, 0.15) is 20.8 Å². The molecule has 18 nitrogen and oxygen atoms in total. The molecular formula is C42H42Cl2FN14O4+. The summed E-state index contributed by atoms with van der Waals surface area (Å²) in [5.74, 6) is 0.639. The van der Waals surface area contributed by atoms with E-state index < -0.39 is 5.82 Å². The SMILES string of the molecule is CC(C)NC(=O)COc1ccc(-c2nc(Nc3ccc4[nH][n+](CC(C)NC(=O)COc5ccc(-c6nc(Nc7ccc8[nH]ncc8c7Cl)n(C)n6)cc5Cl)cc4c3)n(C)n2)cc1F. The Morgan fingerprint density at radius 1 is 0.810 bits per heavy atom. The number of H-pyrrole nitrogens is 2. The van der Waals surface area contributed by atoms with Gasteiger partial charge in [0, 0.05) is 42.3 Å². The van der Waals surface area contributed by atoms with Gasteiger partial charge in [-0.1, -0.05) is 23.2 Å². The first-order chi connectivity index (χ1) is 30.3. The number of rotatable bonds is 16. The predicted molar refractivity (Wildman–Crippen MR) is 236 cm³/mol. The van der Waals surface area contributed by atoms with Gasteiger partial charge in [0.15, 0.2) is 43.0 Å². The van der Waals surface area contributed by atoms with Crippen molar-refractivity contribution in [3.63, 3.8) is 0 Å². The minimum absolute atomic E-state index is 0.0458. The molecule has 0 fully saturated rings. The Balaban J connectivity index is 0.827. The molecule has 8 rings (SSSR count). The zero-order valence-corrected chi connectivity index (χ0v) is 36.1. The summed E-state index contributed by atoms with van der Waals surface area (Å²) in [6.07, 6.45) is 3.60. The molecule has 4 heterocycles. The van der Waals surface area contributed by atoms with Crippen LogP contribution in [0.25, 0.3) is 44.6 Å². The van der Waals surface area contributed by atoms with Gasteiger partial charge in [-0.15, -0.1) is 14.9 Å². The average Bonchev–Trinajstić information content (AvgIpc) is 4.04. The van der Waals surface area contributed by atoms with Crippen molar-refractivity contribution in [3.05, 3.63) is 95.0 Å². The quantitative estimate of drug-likeness (QED) is 0.0590. The smallest absolute Gasteiger partial charge is 0.258 e. The molecule has 21 heteroatoms. The Labute approximate surface area is 369 Å². The molecule has 1 atom stereocenters. The van der Waals surface area contributed by atoms with Gasteiger partial charge in [0.05, 0.1) is 38.9 Å². The van der Waals surface area contributed by atoms with E-state index >= 15 is 0 Å². The van der Waals surface area contributed by atoms with Crippen LogP contribution in [0.4, 0.5) is 27.7 Å². The lowest BCUT2D eigenvalue weighted by Crippen LogP contribution is -2.48. The second kappa shape index (κ2) is 18.0. The van der Waals surface area contributed by atoms with Gasteiger partial charge in [-0.2, -0.15) is 20.2 Å². The number of aromatic nitrogens is 10. The molecule has 2 amide bonds. The molecule has 0 aliphatic carbocycles. The molecule has 0 spiro atoms. The largest absolute Gasteiger partial charge is 0.482 e. The number of halogens is 3. The van der Waals surface area contributed by atoms with Crippen molar-refractivity contribution in [1.29, 1.82) is 0 Å². The summed E-state index contributed by atoms with van der Waals surface area (Å²) in [7, 11) is 3.49. The van der Waals surface area contributed by atoms with Crippen molar-refractivity contribution in [2.75, 3.05) is 23.8 Å². The van der Waals surface area contributed by atoms with E-state index in [9.17, 15) is 14.0 Å². The van der Waals surface area contributed by atoms with Gasteiger partial charge in [0.1, 0.15) is 11.3 Å². The summed E-state index contributed by atoms with van der Waals surface area (Å²) in [6, 6.07) is 18.6. The maximum atomic E-state index is 14.9. The third-order valence-corrected chi connectivity index (χ3v) is 10.3. The van der Waals surface area contributed by atoms with Crippen LogP contribution in [0.3, 0.4) is 0 Å². The van der Waals surface area contributed by atoms with Crippen LogP contribution in [-0.2, 0) is 30.2 Å². The number of nitrogens with zero attached hydrogens (tertiary/aromatic N) is 8. The van der Waals surface area contributed by atoms with E-state index in [2.05, 4.69) is 56.7 Å². The molecule has 1 unspecified atom stereocenters. The Morgan fingerprint density at radius 2 is 1.46 bits per heavy atom. The summed E-state index contributed by atoms with van der Waals surface area (Å²) in [5, 5.41) is 33.9. The second-order valence-corrected chi connectivity index (χ2v) is 15.8. The van der Waals surface area contributed by atoms with Crippen LogP contribution in [0, 0.1) is 5.82 Å². The Kier molecular flexibility index (Phi) is 12.1. The molecule has 0 bridgehead atoms. The maximum Gasteiger partial charge on any atom is 0.258 e. The van der Waals surface area contributed by atoms with Gasteiger partial charge < -0.3 is 30.7 Å². The minimum Gasteiger partial charge on any atom is -0.482 e. The number of hydrogen-bond acceptors (Lipinski definition) is 11. The maximum absolute atomic E-state index is 14.9. The molecule has 0 saturated heterocycles. The van der Waals surface area contributed by atoms with Crippen LogP contribution < -0.4 is 35.4 Å². The Hall–Kier alpha value is -7.25. The van der Waals surface area contributed by atoms with Gasteiger partial charge in [0.25, 0.3) is 11.8 Å². The monoisotopic (exact) mass is 895 g/mol. The molecule has 4 aromatic carbocycles. The van der Waals surface area contributed by atoms with Gasteiger partial charge in [-0.05, 0) is 87.5 Å². The summed E-state index contributed by atoms with van der Waals surface area (Å²) in [6.45, 7) is 5.46. The highest BCUT2D eigenvalue weighted by molar-refractivity contribution is 6.38. The van der Waals surface area contributed by atoms with Gasteiger partial charge >= 0.3 is 0 Å². The molecular weight excluding hydrogens is 854 g/mol. The first kappa shape index (κ1) is 42.4.